The summed E-state index contributed by atoms with van der Waals surface area (Å²) in [5.41, 5.74) is 4.06. The molecule has 1 aromatic carbocycles. The third-order valence-electron chi connectivity index (χ3n) is 9.58. The fraction of sp³-hybridized carbons (Fsp3) is 0.594. The molecule has 2 amide bonds. The molecule has 254 valence electrons. The van der Waals surface area contributed by atoms with E-state index in [2.05, 4.69) is 49.3 Å². The number of aryl methyl sites for hydroxylation is 2. The zero-order chi connectivity index (χ0) is 33.1. The molecule has 3 aliphatic heterocycles. The number of halogens is 2. The minimum absolute atomic E-state index is 0.0810. The van der Waals surface area contributed by atoms with Crippen molar-refractivity contribution in [3.05, 3.63) is 35.8 Å². The summed E-state index contributed by atoms with van der Waals surface area (Å²) in [5, 5.41) is 11.4. The Morgan fingerprint density at radius 3 is 2.47 bits per heavy atom. The lowest BCUT2D eigenvalue weighted by atomic mass is 9.91. The number of fused-ring (bicyclic) bond motifs is 1. The standard InChI is InChI=1S/C32H42F2N8O4S/c1-20-16-25-27(40(2)39-29(25)24-5-6-28(43)38-30(24)44)17-26(20)41-11-7-21(8-12-41)4-3-15-47(45)42-13-9-22(10-14-42)37-32-35-18-23(19-36-32)46-31(33)34/h16-19,21-22,24,31H,3-15H2,1-2H3,(H,35,36,37)(H,38,43,44). The Hall–Kier alpha value is -3.72. The largest absolute Gasteiger partial charge is 0.432 e. The molecule has 0 bridgehead atoms. The van der Waals surface area contributed by atoms with Gasteiger partial charge in [-0.3, -0.25) is 19.6 Å². The molecule has 3 aliphatic rings. The van der Waals surface area contributed by atoms with E-state index in [0.717, 1.165) is 73.8 Å². The van der Waals surface area contributed by atoms with Crippen LogP contribution in [-0.4, -0.2) is 84.7 Å². The number of hydrogen-bond acceptors (Lipinski definition) is 9. The van der Waals surface area contributed by atoms with Crippen molar-refractivity contribution in [3.8, 4) is 5.75 Å². The van der Waals surface area contributed by atoms with Gasteiger partial charge in [-0.05, 0) is 75.5 Å². The van der Waals surface area contributed by atoms with Gasteiger partial charge >= 0.3 is 6.61 Å². The van der Waals surface area contributed by atoms with Gasteiger partial charge in [-0.1, -0.05) is 0 Å². The zero-order valence-corrected chi connectivity index (χ0v) is 27.6. The van der Waals surface area contributed by atoms with E-state index < -0.39 is 23.5 Å². The van der Waals surface area contributed by atoms with Gasteiger partial charge < -0.3 is 15.0 Å². The van der Waals surface area contributed by atoms with Crippen molar-refractivity contribution in [2.24, 2.45) is 13.0 Å². The lowest BCUT2D eigenvalue weighted by Crippen LogP contribution is -2.41. The van der Waals surface area contributed by atoms with Gasteiger partial charge in [0.1, 0.15) is 0 Å². The lowest BCUT2D eigenvalue weighted by molar-refractivity contribution is -0.134. The minimum atomic E-state index is -2.91. The van der Waals surface area contributed by atoms with Crippen LogP contribution in [0.5, 0.6) is 5.75 Å². The molecule has 3 saturated heterocycles. The van der Waals surface area contributed by atoms with Crippen LogP contribution in [0.1, 0.15) is 68.5 Å². The van der Waals surface area contributed by atoms with Crippen LogP contribution in [0.2, 0.25) is 0 Å². The van der Waals surface area contributed by atoms with Gasteiger partial charge in [0.2, 0.25) is 17.8 Å². The number of nitrogens with one attached hydrogen (secondary N) is 2. The Labute approximate surface area is 275 Å². The Bertz CT molecular complexity index is 1600. The smallest absolute Gasteiger partial charge is 0.387 e. The van der Waals surface area contributed by atoms with Gasteiger partial charge in [-0.2, -0.15) is 13.9 Å². The van der Waals surface area contributed by atoms with Crippen molar-refractivity contribution in [1.82, 2.24) is 29.4 Å². The number of alkyl halides is 2. The summed E-state index contributed by atoms with van der Waals surface area (Å²) in [6.45, 7) is 2.55. The quantitative estimate of drug-likeness (QED) is 0.290. The second-order valence-electron chi connectivity index (χ2n) is 12.7. The number of carbonyl (C=O) groups excluding carboxylic acids is 2. The van der Waals surface area contributed by atoms with Crippen molar-refractivity contribution >= 4 is 45.3 Å². The van der Waals surface area contributed by atoms with E-state index >= 15 is 0 Å². The summed E-state index contributed by atoms with van der Waals surface area (Å²) in [5.74, 6) is 0.646. The molecule has 0 spiro atoms. The first kappa shape index (κ1) is 33.2. The molecular formula is C32H42F2N8O4S. The highest BCUT2D eigenvalue weighted by Gasteiger charge is 2.32. The predicted octanol–water partition coefficient (Wildman–Crippen LogP) is 4.03. The number of aromatic nitrogens is 4. The molecule has 47 heavy (non-hydrogen) atoms. The van der Waals surface area contributed by atoms with Gasteiger partial charge in [0.05, 0.1) is 40.5 Å². The van der Waals surface area contributed by atoms with Crippen molar-refractivity contribution in [2.45, 2.75) is 76.9 Å². The normalized spacial score (nSPS) is 21.0. The Balaban J connectivity index is 0.934. The van der Waals surface area contributed by atoms with Crippen LogP contribution < -0.4 is 20.3 Å². The molecule has 0 radical (unpaired) electrons. The Kier molecular flexibility index (Phi) is 10.3. The van der Waals surface area contributed by atoms with Gasteiger partial charge in [0, 0.05) is 62.5 Å². The number of benzene rings is 1. The van der Waals surface area contributed by atoms with Crippen molar-refractivity contribution in [3.63, 3.8) is 0 Å². The van der Waals surface area contributed by atoms with Gasteiger partial charge in [-0.25, -0.2) is 18.5 Å². The lowest BCUT2D eigenvalue weighted by Gasteiger charge is -2.35. The molecule has 6 rings (SSSR count). The molecule has 12 nitrogen and oxygen atoms in total. The summed E-state index contributed by atoms with van der Waals surface area (Å²) in [6.07, 6.45) is 9.02. The average Bonchev–Trinajstić information content (AvgIpc) is 3.36. The highest BCUT2D eigenvalue weighted by molar-refractivity contribution is 7.82. The number of hydrogen-bond donors (Lipinski definition) is 2. The number of carbonyl (C=O) groups is 2. The van der Waals surface area contributed by atoms with Crippen molar-refractivity contribution in [1.29, 1.82) is 0 Å². The van der Waals surface area contributed by atoms with Gasteiger partial charge in [-0.15, -0.1) is 0 Å². The second kappa shape index (κ2) is 14.6. The molecule has 5 heterocycles. The third-order valence-corrected chi connectivity index (χ3v) is 11.2. The van der Waals surface area contributed by atoms with Crippen LogP contribution in [0.4, 0.5) is 20.4 Å². The topological polar surface area (TPSA) is 135 Å². The maximum Gasteiger partial charge on any atom is 0.387 e. The Morgan fingerprint density at radius 2 is 1.79 bits per heavy atom. The minimum Gasteiger partial charge on any atom is -0.432 e. The first-order chi connectivity index (χ1) is 22.6. The van der Waals surface area contributed by atoms with E-state index in [4.69, 9.17) is 5.10 Å². The van der Waals surface area contributed by atoms with E-state index in [1.165, 1.54) is 18.1 Å². The maximum atomic E-state index is 13.0. The summed E-state index contributed by atoms with van der Waals surface area (Å²) < 4.78 is 45.9. The number of amides is 2. The Morgan fingerprint density at radius 1 is 1.06 bits per heavy atom. The molecule has 2 atom stereocenters. The van der Waals surface area contributed by atoms with Crippen LogP contribution in [0.3, 0.4) is 0 Å². The first-order valence-electron chi connectivity index (χ1n) is 16.4. The number of ether oxygens (including phenoxy) is 1. The van der Waals surface area contributed by atoms with E-state index in [-0.39, 0.29) is 23.6 Å². The number of nitrogens with zero attached hydrogens (tertiary/aromatic N) is 6. The van der Waals surface area contributed by atoms with Crippen molar-refractivity contribution < 1.29 is 27.3 Å². The fourth-order valence-electron chi connectivity index (χ4n) is 7.01. The number of imide groups is 1. The molecule has 0 aliphatic carbocycles. The monoisotopic (exact) mass is 672 g/mol. The number of rotatable bonds is 11. The highest BCUT2D eigenvalue weighted by Crippen LogP contribution is 2.36. The summed E-state index contributed by atoms with van der Waals surface area (Å²) >= 11 is 0. The van der Waals surface area contributed by atoms with Crippen LogP contribution in [0.25, 0.3) is 10.9 Å². The molecular weight excluding hydrogens is 630 g/mol. The van der Waals surface area contributed by atoms with E-state index in [1.807, 2.05) is 16.0 Å². The van der Waals surface area contributed by atoms with Crippen molar-refractivity contribution in [2.75, 3.05) is 42.1 Å². The molecule has 15 heteroatoms. The summed E-state index contributed by atoms with van der Waals surface area (Å²) in [7, 11) is 0.888. The molecule has 0 saturated carbocycles. The molecule has 3 aromatic rings. The average molecular weight is 673 g/mol. The van der Waals surface area contributed by atoms with Gasteiger partial charge in [0.25, 0.3) is 0 Å². The fourth-order valence-corrected chi connectivity index (χ4v) is 8.30. The predicted molar refractivity (Wildman–Crippen MR) is 175 cm³/mol. The number of piperidine rings is 3. The van der Waals surface area contributed by atoms with Crippen LogP contribution in [0, 0.1) is 12.8 Å². The first-order valence-corrected chi connectivity index (χ1v) is 17.6. The third kappa shape index (κ3) is 7.88. The summed E-state index contributed by atoms with van der Waals surface area (Å²) in [4.78, 5) is 34.7. The van der Waals surface area contributed by atoms with E-state index in [0.29, 0.717) is 43.6 Å². The van der Waals surface area contributed by atoms with Crippen LogP contribution in [-0.2, 0) is 27.6 Å². The molecule has 3 fully saturated rings. The van der Waals surface area contributed by atoms with Crippen LogP contribution in [0.15, 0.2) is 24.5 Å². The van der Waals surface area contributed by atoms with Crippen LogP contribution >= 0.6 is 0 Å². The maximum absolute atomic E-state index is 13.0. The number of anilines is 2. The molecule has 2 unspecified atom stereocenters. The molecule has 2 aromatic heterocycles. The SMILES string of the molecule is Cc1cc2c(C3CCC(=O)NC3=O)nn(C)c2cc1N1CCC(CCCS(=O)N2CCC(Nc3ncc(OC(F)F)cn3)CC2)CC1. The summed E-state index contributed by atoms with van der Waals surface area (Å²) in [6, 6.07) is 4.45. The van der Waals surface area contributed by atoms with E-state index in [1.54, 1.807) is 0 Å². The van der Waals surface area contributed by atoms with Gasteiger partial charge in [0.15, 0.2) is 5.75 Å². The second-order valence-corrected chi connectivity index (χ2v) is 14.3. The zero-order valence-electron chi connectivity index (χ0n) is 26.8. The van der Waals surface area contributed by atoms with E-state index in [9.17, 15) is 22.6 Å². The molecule has 2 N–H and O–H groups in total. The highest BCUT2D eigenvalue weighted by atomic mass is 32.2.